The third kappa shape index (κ3) is 5.69. The minimum absolute atomic E-state index is 0.0176. The number of nitrogens with zero attached hydrogens (tertiary/aromatic N) is 5. The Kier molecular flexibility index (Phi) is 7.40. The summed E-state index contributed by atoms with van der Waals surface area (Å²) >= 11 is 0. The van der Waals surface area contributed by atoms with Crippen molar-refractivity contribution in [3.8, 4) is 17.1 Å². The Labute approximate surface area is 221 Å². The Morgan fingerprint density at radius 3 is 2.55 bits per heavy atom. The molecule has 200 valence electrons. The minimum atomic E-state index is -0.698. The average molecular weight is 523 g/mol. The molecule has 0 unspecified atom stereocenters. The molecule has 5 rings (SSSR count). The first-order valence-corrected chi connectivity index (χ1v) is 13.0. The number of amides is 1. The molecule has 1 N–H and O–H groups in total. The number of ether oxygens (including phenoxy) is 1. The molecule has 0 radical (unpaired) electrons. The summed E-state index contributed by atoms with van der Waals surface area (Å²) in [7, 11) is 0. The predicted octanol–water partition coefficient (Wildman–Crippen LogP) is 4.59. The molecule has 1 fully saturated rings. The van der Waals surface area contributed by atoms with E-state index in [4.69, 9.17) is 19.7 Å². The van der Waals surface area contributed by atoms with Gasteiger partial charge in [0.25, 0.3) is 0 Å². The van der Waals surface area contributed by atoms with Crippen molar-refractivity contribution < 1.29 is 18.3 Å². The number of piperidine rings is 1. The Bertz CT molecular complexity index is 1330. The van der Waals surface area contributed by atoms with Gasteiger partial charge >= 0.3 is 0 Å². The highest BCUT2D eigenvalue weighted by Crippen LogP contribution is 2.33. The summed E-state index contributed by atoms with van der Waals surface area (Å²) in [5.74, 6) is 0.255. The van der Waals surface area contributed by atoms with E-state index < -0.39 is 11.6 Å². The predicted molar refractivity (Wildman–Crippen MR) is 141 cm³/mol. The Morgan fingerprint density at radius 2 is 1.84 bits per heavy atom. The molecule has 4 heterocycles. The summed E-state index contributed by atoms with van der Waals surface area (Å²) in [6.07, 6.45) is 1.74. The van der Waals surface area contributed by atoms with Crippen molar-refractivity contribution in [3.05, 3.63) is 59.4 Å². The van der Waals surface area contributed by atoms with Gasteiger partial charge in [-0.25, -0.2) is 23.7 Å². The number of hydrogen-bond acceptors (Lipinski definition) is 7. The molecular weight excluding hydrogens is 490 g/mol. The number of rotatable bonds is 6. The number of nitrogens with one attached hydrogen (secondary N) is 1. The van der Waals surface area contributed by atoms with Gasteiger partial charge in [0.05, 0.1) is 23.6 Å². The van der Waals surface area contributed by atoms with Gasteiger partial charge in [-0.05, 0) is 38.1 Å². The molecule has 0 bridgehead atoms. The second kappa shape index (κ2) is 10.9. The number of pyridine rings is 1. The fourth-order valence-electron chi connectivity index (χ4n) is 4.86. The van der Waals surface area contributed by atoms with E-state index in [1.807, 2.05) is 18.2 Å². The highest BCUT2D eigenvalue weighted by Gasteiger charge is 2.29. The normalized spacial score (nSPS) is 15.9. The van der Waals surface area contributed by atoms with Crippen LogP contribution in [0.15, 0.2) is 36.4 Å². The smallest absolute Gasteiger partial charge is 0.219 e. The van der Waals surface area contributed by atoms with Crippen LogP contribution in [0.25, 0.3) is 11.4 Å². The molecular formula is C28H32F2N6O2. The number of hydrogen-bond donors (Lipinski definition) is 1. The average Bonchev–Trinajstić information content (AvgIpc) is 2.89. The Balaban J connectivity index is 1.42. The largest absolute Gasteiger partial charge is 0.487 e. The first-order valence-electron chi connectivity index (χ1n) is 13.0. The van der Waals surface area contributed by atoms with E-state index in [1.54, 1.807) is 11.8 Å². The molecule has 1 aromatic carbocycles. The van der Waals surface area contributed by atoms with E-state index in [2.05, 4.69) is 24.1 Å². The van der Waals surface area contributed by atoms with Crippen LogP contribution in [0.2, 0.25) is 0 Å². The van der Waals surface area contributed by atoms with Gasteiger partial charge in [0.1, 0.15) is 23.4 Å². The third-order valence-electron chi connectivity index (χ3n) is 6.79. The number of carbonyl (C=O) groups excluding carboxylic acids is 1. The molecule has 0 aliphatic carbocycles. The lowest BCUT2D eigenvalue weighted by Crippen LogP contribution is -2.40. The van der Waals surface area contributed by atoms with Crippen molar-refractivity contribution in [1.29, 1.82) is 0 Å². The van der Waals surface area contributed by atoms with Crippen molar-refractivity contribution in [2.45, 2.75) is 58.7 Å². The Morgan fingerprint density at radius 1 is 1.05 bits per heavy atom. The zero-order valence-electron chi connectivity index (χ0n) is 21.9. The zero-order valence-corrected chi connectivity index (χ0v) is 21.9. The van der Waals surface area contributed by atoms with Crippen LogP contribution in [-0.2, 0) is 17.8 Å². The topological polar surface area (TPSA) is 83.5 Å². The SMILES string of the molecule is CC(=O)N1CCc2nc(N3CCC(Oc4ccc(F)cc4F)CC3)c(-c3cccc(NC(C)C)n3)nc2C1. The van der Waals surface area contributed by atoms with E-state index in [9.17, 15) is 13.6 Å². The molecule has 3 aromatic rings. The third-order valence-corrected chi connectivity index (χ3v) is 6.79. The molecule has 10 heteroatoms. The quantitative estimate of drug-likeness (QED) is 0.507. The molecule has 2 aromatic heterocycles. The Hall–Kier alpha value is -3.82. The van der Waals surface area contributed by atoms with Crippen molar-refractivity contribution >= 4 is 17.5 Å². The molecule has 0 atom stereocenters. The highest BCUT2D eigenvalue weighted by atomic mass is 19.1. The number of carbonyl (C=O) groups is 1. The number of benzene rings is 1. The lowest BCUT2D eigenvalue weighted by molar-refractivity contribution is -0.129. The molecule has 0 saturated carbocycles. The van der Waals surface area contributed by atoms with Gasteiger partial charge in [-0.15, -0.1) is 0 Å². The first kappa shape index (κ1) is 25.8. The monoisotopic (exact) mass is 522 g/mol. The van der Waals surface area contributed by atoms with Crippen molar-refractivity contribution in [3.63, 3.8) is 0 Å². The molecule has 38 heavy (non-hydrogen) atoms. The summed E-state index contributed by atoms with van der Waals surface area (Å²) in [6.45, 7) is 7.99. The summed E-state index contributed by atoms with van der Waals surface area (Å²) in [6, 6.07) is 9.37. The lowest BCUT2D eigenvalue weighted by atomic mass is 10.1. The van der Waals surface area contributed by atoms with Crippen LogP contribution in [0.5, 0.6) is 5.75 Å². The van der Waals surface area contributed by atoms with Crippen molar-refractivity contribution in [1.82, 2.24) is 19.9 Å². The number of anilines is 2. The minimum Gasteiger partial charge on any atom is -0.487 e. The second-order valence-electron chi connectivity index (χ2n) is 10.1. The van der Waals surface area contributed by atoms with Gasteiger partial charge in [0.15, 0.2) is 17.4 Å². The lowest BCUT2D eigenvalue weighted by Gasteiger charge is -2.35. The molecule has 1 saturated heterocycles. The number of aromatic nitrogens is 3. The standard InChI is InChI=1S/C28H32F2N6O2/c1-17(2)31-26-6-4-5-23(32-26)27-28(34-22-11-14-36(18(3)37)16-24(22)33-27)35-12-9-20(10-13-35)38-25-8-7-19(29)15-21(25)30/h4-8,15,17,20H,9-14,16H2,1-3H3,(H,31,32). The fraction of sp³-hybridized carbons (Fsp3) is 0.429. The maximum absolute atomic E-state index is 14.1. The van der Waals surface area contributed by atoms with E-state index >= 15 is 0 Å². The molecule has 2 aliphatic heterocycles. The van der Waals surface area contributed by atoms with Crippen LogP contribution >= 0.6 is 0 Å². The zero-order chi connectivity index (χ0) is 26.8. The van der Waals surface area contributed by atoms with Gasteiger partial charge in [0, 0.05) is 57.9 Å². The van der Waals surface area contributed by atoms with Gasteiger partial charge < -0.3 is 19.9 Å². The fourth-order valence-corrected chi connectivity index (χ4v) is 4.86. The highest BCUT2D eigenvalue weighted by molar-refractivity contribution is 5.74. The first-order chi connectivity index (χ1) is 18.3. The van der Waals surface area contributed by atoms with Crippen molar-refractivity contribution in [2.75, 3.05) is 29.9 Å². The number of halogens is 2. The molecule has 1 amide bonds. The van der Waals surface area contributed by atoms with Gasteiger partial charge in [-0.3, -0.25) is 4.79 Å². The van der Waals surface area contributed by atoms with E-state index in [0.29, 0.717) is 56.8 Å². The maximum atomic E-state index is 14.1. The van der Waals surface area contributed by atoms with Crippen LogP contribution in [0.1, 0.15) is 45.0 Å². The van der Waals surface area contributed by atoms with Crippen LogP contribution in [0, 0.1) is 11.6 Å². The van der Waals surface area contributed by atoms with Crippen LogP contribution in [0.4, 0.5) is 20.4 Å². The van der Waals surface area contributed by atoms with Gasteiger partial charge in [0.2, 0.25) is 5.91 Å². The summed E-state index contributed by atoms with van der Waals surface area (Å²) in [4.78, 5) is 30.8. The maximum Gasteiger partial charge on any atom is 0.219 e. The van der Waals surface area contributed by atoms with Crippen LogP contribution < -0.4 is 15.0 Å². The molecule has 0 spiro atoms. The number of fused-ring (bicyclic) bond motifs is 1. The van der Waals surface area contributed by atoms with E-state index in [0.717, 1.165) is 29.1 Å². The van der Waals surface area contributed by atoms with E-state index in [1.165, 1.54) is 12.1 Å². The van der Waals surface area contributed by atoms with Crippen LogP contribution in [0.3, 0.4) is 0 Å². The molecule has 2 aliphatic rings. The summed E-state index contributed by atoms with van der Waals surface area (Å²) in [5, 5.41) is 3.34. The van der Waals surface area contributed by atoms with Gasteiger partial charge in [-0.2, -0.15) is 0 Å². The van der Waals surface area contributed by atoms with Crippen LogP contribution in [-0.4, -0.2) is 57.5 Å². The second-order valence-corrected chi connectivity index (χ2v) is 10.1. The van der Waals surface area contributed by atoms with Crippen molar-refractivity contribution in [2.24, 2.45) is 0 Å². The summed E-state index contributed by atoms with van der Waals surface area (Å²) in [5.41, 5.74) is 3.06. The summed E-state index contributed by atoms with van der Waals surface area (Å²) < 4.78 is 33.2. The van der Waals surface area contributed by atoms with E-state index in [-0.39, 0.29) is 23.8 Å². The molecule has 8 nitrogen and oxygen atoms in total. The van der Waals surface area contributed by atoms with Gasteiger partial charge in [-0.1, -0.05) is 6.07 Å².